The number of nitrogens with one attached hydrogen (secondary N) is 1. The number of anilines is 1. The van der Waals surface area contributed by atoms with Crippen LogP contribution >= 0.6 is 11.3 Å². The Hall–Kier alpha value is -2.65. The number of carbonyl (C=O) groups is 1. The number of benzene rings is 2. The second-order valence-corrected chi connectivity index (χ2v) is 9.14. The molecule has 0 saturated carbocycles. The van der Waals surface area contributed by atoms with Crippen molar-refractivity contribution in [3.63, 3.8) is 0 Å². The summed E-state index contributed by atoms with van der Waals surface area (Å²) in [7, 11) is -1.68. The summed E-state index contributed by atoms with van der Waals surface area (Å²) in [5, 5.41) is 3.20. The minimum absolute atomic E-state index is 0.166. The van der Waals surface area contributed by atoms with Crippen LogP contribution in [0.4, 0.5) is 5.13 Å². The zero-order valence-corrected chi connectivity index (χ0v) is 17.1. The van der Waals surface area contributed by atoms with E-state index >= 15 is 0 Å². The molecule has 0 spiro atoms. The molecule has 1 N–H and O–H groups in total. The van der Waals surface area contributed by atoms with E-state index in [1.54, 1.807) is 19.2 Å². The third kappa shape index (κ3) is 5.20. The lowest BCUT2D eigenvalue weighted by molar-refractivity contribution is -0.116. The molecule has 0 aliphatic rings. The lowest BCUT2D eigenvalue weighted by Crippen LogP contribution is -2.12. The van der Waals surface area contributed by atoms with Crippen LogP contribution in [0.3, 0.4) is 0 Å². The Balaban J connectivity index is 1.50. The number of carbonyl (C=O) groups excluding carboxylic acids is 1. The number of rotatable bonds is 8. The molecule has 0 fully saturated rings. The van der Waals surface area contributed by atoms with E-state index in [9.17, 15) is 13.2 Å². The fourth-order valence-electron chi connectivity index (χ4n) is 2.47. The van der Waals surface area contributed by atoms with Gasteiger partial charge in [-0.1, -0.05) is 11.3 Å². The van der Waals surface area contributed by atoms with Crippen LogP contribution in [0, 0.1) is 0 Å². The van der Waals surface area contributed by atoms with Crippen molar-refractivity contribution in [2.45, 2.75) is 17.7 Å². The number of ether oxygens (including phenoxy) is 2. The first kappa shape index (κ1) is 20.1. The van der Waals surface area contributed by atoms with Crippen molar-refractivity contribution < 1.29 is 22.7 Å². The van der Waals surface area contributed by atoms with Crippen LogP contribution in [0.2, 0.25) is 0 Å². The van der Waals surface area contributed by atoms with Gasteiger partial charge in [0.2, 0.25) is 5.91 Å². The van der Waals surface area contributed by atoms with Gasteiger partial charge in [0.1, 0.15) is 11.5 Å². The van der Waals surface area contributed by atoms with Gasteiger partial charge in [0, 0.05) is 12.7 Å². The maximum atomic E-state index is 12.1. The number of hydrogen-bond acceptors (Lipinski definition) is 7. The predicted octanol–water partition coefficient (Wildman–Crippen LogP) is 3.51. The van der Waals surface area contributed by atoms with Gasteiger partial charge >= 0.3 is 0 Å². The van der Waals surface area contributed by atoms with Gasteiger partial charge in [0.15, 0.2) is 15.0 Å². The molecule has 3 rings (SSSR count). The molecule has 148 valence electrons. The third-order valence-electron chi connectivity index (χ3n) is 3.91. The lowest BCUT2D eigenvalue weighted by Gasteiger charge is -2.07. The van der Waals surface area contributed by atoms with E-state index < -0.39 is 9.84 Å². The SMILES string of the molecule is COc1ccc(OCCCC(=O)Nc2nc3ccc(S(C)(=O)=O)cc3s2)cc1. The Morgan fingerprint density at radius 1 is 1.14 bits per heavy atom. The van der Waals surface area contributed by atoms with E-state index in [0.717, 1.165) is 12.0 Å². The maximum absolute atomic E-state index is 12.1. The van der Waals surface area contributed by atoms with Gasteiger partial charge in [-0.25, -0.2) is 13.4 Å². The van der Waals surface area contributed by atoms with Crippen LogP contribution in [-0.2, 0) is 14.6 Å². The maximum Gasteiger partial charge on any atom is 0.226 e. The number of aromatic nitrogens is 1. The highest BCUT2D eigenvalue weighted by atomic mass is 32.2. The number of hydrogen-bond donors (Lipinski definition) is 1. The average Bonchev–Trinajstić information content (AvgIpc) is 3.06. The Labute approximate surface area is 167 Å². The quantitative estimate of drug-likeness (QED) is 0.561. The molecular formula is C19H20N2O5S2. The van der Waals surface area contributed by atoms with Gasteiger partial charge in [0.25, 0.3) is 0 Å². The van der Waals surface area contributed by atoms with E-state index in [4.69, 9.17) is 9.47 Å². The Bertz CT molecular complexity index is 1080. The smallest absolute Gasteiger partial charge is 0.226 e. The minimum atomic E-state index is -3.28. The summed E-state index contributed by atoms with van der Waals surface area (Å²) in [6.45, 7) is 0.414. The molecular weight excluding hydrogens is 400 g/mol. The molecule has 0 bridgehead atoms. The van der Waals surface area contributed by atoms with Crippen molar-refractivity contribution in [3.8, 4) is 11.5 Å². The highest BCUT2D eigenvalue weighted by Crippen LogP contribution is 2.28. The zero-order valence-electron chi connectivity index (χ0n) is 15.5. The van der Waals surface area contributed by atoms with Gasteiger partial charge in [-0.2, -0.15) is 0 Å². The van der Waals surface area contributed by atoms with Crippen molar-refractivity contribution in [1.29, 1.82) is 0 Å². The number of sulfone groups is 1. The van der Waals surface area contributed by atoms with Gasteiger partial charge in [0.05, 0.1) is 28.8 Å². The van der Waals surface area contributed by atoms with Crippen LogP contribution in [0.25, 0.3) is 10.2 Å². The monoisotopic (exact) mass is 420 g/mol. The molecule has 9 heteroatoms. The summed E-state index contributed by atoms with van der Waals surface area (Å²) in [5.41, 5.74) is 0.649. The average molecular weight is 421 g/mol. The normalized spacial score (nSPS) is 11.4. The van der Waals surface area contributed by atoms with Crippen molar-refractivity contribution in [3.05, 3.63) is 42.5 Å². The number of nitrogens with zero attached hydrogens (tertiary/aromatic N) is 1. The second kappa shape index (κ2) is 8.57. The molecule has 7 nitrogen and oxygen atoms in total. The Kier molecular flexibility index (Phi) is 6.15. The van der Waals surface area contributed by atoms with Gasteiger partial charge in [-0.05, 0) is 48.9 Å². The number of thiazole rings is 1. The highest BCUT2D eigenvalue weighted by Gasteiger charge is 2.12. The van der Waals surface area contributed by atoms with Gasteiger partial charge in [-0.3, -0.25) is 4.79 Å². The summed E-state index contributed by atoms with van der Waals surface area (Å²) in [6.07, 6.45) is 2.01. The first-order valence-corrected chi connectivity index (χ1v) is 11.2. The lowest BCUT2D eigenvalue weighted by atomic mass is 10.3. The fraction of sp³-hybridized carbons (Fsp3) is 0.263. The Morgan fingerprint density at radius 2 is 1.86 bits per heavy atom. The van der Waals surface area contributed by atoms with Crippen LogP contribution in [0.1, 0.15) is 12.8 Å². The Morgan fingerprint density at radius 3 is 2.54 bits per heavy atom. The topological polar surface area (TPSA) is 94.6 Å². The fourth-order valence-corrected chi connectivity index (χ4v) is 4.11. The largest absolute Gasteiger partial charge is 0.497 e. The molecule has 1 aromatic heterocycles. The molecule has 3 aromatic rings. The summed E-state index contributed by atoms with van der Waals surface area (Å²) in [5.74, 6) is 1.31. The summed E-state index contributed by atoms with van der Waals surface area (Å²) in [6, 6.07) is 12.0. The summed E-state index contributed by atoms with van der Waals surface area (Å²) in [4.78, 5) is 16.6. The molecule has 1 amide bonds. The molecule has 0 radical (unpaired) electrons. The van der Waals surface area contributed by atoms with E-state index in [1.807, 2.05) is 24.3 Å². The molecule has 0 saturated heterocycles. The number of fused-ring (bicyclic) bond motifs is 1. The van der Waals surface area contributed by atoms with Gasteiger partial charge < -0.3 is 14.8 Å². The van der Waals surface area contributed by atoms with Crippen LogP contribution < -0.4 is 14.8 Å². The summed E-state index contributed by atoms with van der Waals surface area (Å²) < 4.78 is 34.7. The van der Waals surface area contributed by atoms with E-state index in [0.29, 0.717) is 40.5 Å². The van der Waals surface area contributed by atoms with E-state index in [1.165, 1.54) is 17.4 Å². The molecule has 1 heterocycles. The molecule has 2 aromatic carbocycles. The van der Waals surface area contributed by atoms with Crippen molar-refractivity contribution in [2.75, 3.05) is 25.3 Å². The van der Waals surface area contributed by atoms with Crippen molar-refractivity contribution in [2.24, 2.45) is 0 Å². The number of amides is 1. The highest BCUT2D eigenvalue weighted by molar-refractivity contribution is 7.90. The first-order chi connectivity index (χ1) is 13.3. The van der Waals surface area contributed by atoms with Gasteiger partial charge in [-0.15, -0.1) is 0 Å². The predicted molar refractivity (Wildman–Crippen MR) is 109 cm³/mol. The van der Waals surface area contributed by atoms with Crippen LogP contribution in [0.15, 0.2) is 47.4 Å². The molecule has 0 unspecified atom stereocenters. The second-order valence-electron chi connectivity index (χ2n) is 6.10. The molecule has 0 aliphatic heterocycles. The zero-order chi connectivity index (χ0) is 20.1. The van der Waals surface area contributed by atoms with Crippen LogP contribution in [-0.4, -0.2) is 39.3 Å². The van der Waals surface area contributed by atoms with E-state index in [-0.39, 0.29) is 10.8 Å². The molecule has 0 aliphatic carbocycles. The minimum Gasteiger partial charge on any atom is -0.497 e. The molecule has 0 atom stereocenters. The van der Waals surface area contributed by atoms with Crippen LogP contribution in [0.5, 0.6) is 11.5 Å². The van der Waals surface area contributed by atoms with E-state index in [2.05, 4.69) is 10.3 Å². The molecule has 28 heavy (non-hydrogen) atoms. The third-order valence-corrected chi connectivity index (χ3v) is 5.95. The first-order valence-electron chi connectivity index (χ1n) is 8.52. The van der Waals surface area contributed by atoms with Crippen molar-refractivity contribution >= 4 is 42.4 Å². The standard InChI is InChI=1S/C19H20N2O5S2/c1-25-13-5-7-14(8-6-13)26-11-3-4-18(22)21-19-20-16-10-9-15(28(2,23)24)12-17(16)27-19/h5-10,12H,3-4,11H2,1-2H3,(H,20,21,22). The summed E-state index contributed by atoms with van der Waals surface area (Å²) >= 11 is 1.24. The van der Waals surface area contributed by atoms with Crippen molar-refractivity contribution in [1.82, 2.24) is 4.98 Å². The number of methoxy groups -OCH3 is 1.